The Kier molecular flexibility index (Phi) is 6.03. The van der Waals surface area contributed by atoms with Gasteiger partial charge in [0.1, 0.15) is 0 Å². The number of thioether (sulfide) groups is 2. The summed E-state index contributed by atoms with van der Waals surface area (Å²) in [6, 6.07) is 0.687. The van der Waals surface area contributed by atoms with Crippen molar-refractivity contribution >= 4 is 23.5 Å². The minimum atomic E-state index is 0.463. The van der Waals surface area contributed by atoms with E-state index in [4.69, 9.17) is 0 Å². The molecule has 0 saturated carbocycles. The number of nitrogens with one attached hydrogen (secondary N) is 1. The summed E-state index contributed by atoms with van der Waals surface area (Å²) in [4.78, 5) is 0. The molecule has 3 unspecified atom stereocenters. The Morgan fingerprint density at radius 2 is 1.88 bits per heavy atom. The molecule has 0 aromatic carbocycles. The van der Waals surface area contributed by atoms with Crippen molar-refractivity contribution in [2.24, 2.45) is 5.41 Å². The highest BCUT2D eigenvalue weighted by Gasteiger charge is 2.29. The molecule has 1 aliphatic heterocycles. The molecule has 96 valence electrons. The second kappa shape index (κ2) is 6.55. The maximum absolute atomic E-state index is 3.54. The van der Waals surface area contributed by atoms with E-state index in [2.05, 4.69) is 63.6 Å². The van der Waals surface area contributed by atoms with E-state index >= 15 is 0 Å². The smallest absolute Gasteiger partial charge is 0.0317 e. The molecule has 1 nitrogen and oxygen atoms in total. The van der Waals surface area contributed by atoms with Gasteiger partial charge in [0.2, 0.25) is 0 Å². The van der Waals surface area contributed by atoms with Crippen LogP contribution in [0.5, 0.6) is 0 Å². The highest BCUT2D eigenvalue weighted by atomic mass is 32.2. The Bertz CT molecular complexity index is 201. The lowest BCUT2D eigenvalue weighted by atomic mass is 9.88. The second-order valence-corrected chi connectivity index (χ2v) is 8.68. The molecule has 0 amide bonds. The Balaban J connectivity index is 2.45. The lowest BCUT2D eigenvalue weighted by Gasteiger charge is -2.35. The molecule has 16 heavy (non-hydrogen) atoms. The fourth-order valence-electron chi connectivity index (χ4n) is 2.15. The first-order chi connectivity index (χ1) is 7.44. The maximum atomic E-state index is 3.54. The van der Waals surface area contributed by atoms with E-state index in [9.17, 15) is 0 Å². The fraction of sp³-hybridized carbons (Fsp3) is 1.00. The quantitative estimate of drug-likeness (QED) is 0.830. The van der Waals surface area contributed by atoms with Gasteiger partial charge in [-0.1, -0.05) is 27.7 Å². The van der Waals surface area contributed by atoms with Gasteiger partial charge in [-0.2, -0.15) is 23.5 Å². The van der Waals surface area contributed by atoms with Crippen LogP contribution in [0, 0.1) is 5.41 Å². The molecule has 1 fully saturated rings. The van der Waals surface area contributed by atoms with Gasteiger partial charge >= 0.3 is 0 Å². The molecule has 0 spiro atoms. The van der Waals surface area contributed by atoms with E-state index in [1.54, 1.807) is 0 Å². The van der Waals surface area contributed by atoms with E-state index in [0.717, 1.165) is 10.5 Å². The van der Waals surface area contributed by atoms with Crippen LogP contribution < -0.4 is 5.32 Å². The van der Waals surface area contributed by atoms with Crippen molar-refractivity contribution < 1.29 is 0 Å². The van der Waals surface area contributed by atoms with Gasteiger partial charge in [0, 0.05) is 28.0 Å². The summed E-state index contributed by atoms with van der Waals surface area (Å²) in [5, 5.41) is 5.14. The lowest BCUT2D eigenvalue weighted by molar-refractivity contribution is 0.332. The van der Waals surface area contributed by atoms with Crippen molar-refractivity contribution in [1.29, 1.82) is 0 Å². The Morgan fingerprint density at radius 1 is 1.25 bits per heavy atom. The van der Waals surface area contributed by atoms with E-state index in [0.29, 0.717) is 11.5 Å². The van der Waals surface area contributed by atoms with E-state index in [-0.39, 0.29) is 0 Å². The average Bonchev–Trinajstić information content (AvgIpc) is 2.20. The highest BCUT2D eigenvalue weighted by molar-refractivity contribution is 8.07. The summed E-state index contributed by atoms with van der Waals surface area (Å²) in [5.74, 6) is 2.66. The standard InChI is InChI=1S/C13H27NS2/c1-10-12(16-9-8-15-10)11(14-5)6-7-13(2,3)4/h10-12,14H,6-9H2,1-5H3. The van der Waals surface area contributed by atoms with Gasteiger partial charge in [0.15, 0.2) is 0 Å². The molecular formula is C13H27NS2. The van der Waals surface area contributed by atoms with E-state index in [1.165, 1.54) is 24.3 Å². The molecule has 0 radical (unpaired) electrons. The van der Waals surface area contributed by atoms with Crippen molar-refractivity contribution in [3.8, 4) is 0 Å². The van der Waals surface area contributed by atoms with Crippen molar-refractivity contribution in [3.05, 3.63) is 0 Å². The molecule has 1 rings (SSSR count). The topological polar surface area (TPSA) is 12.0 Å². The summed E-state index contributed by atoms with van der Waals surface area (Å²) in [6.07, 6.45) is 2.62. The van der Waals surface area contributed by atoms with Crippen molar-refractivity contribution in [2.75, 3.05) is 18.6 Å². The van der Waals surface area contributed by atoms with Crippen LogP contribution >= 0.6 is 23.5 Å². The molecule has 1 saturated heterocycles. The van der Waals surface area contributed by atoms with Gasteiger partial charge in [-0.25, -0.2) is 0 Å². The molecule has 3 heteroatoms. The summed E-state index contributed by atoms with van der Waals surface area (Å²) >= 11 is 4.31. The highest BCUT2D eigenvalue weighted by Crippen LogP contribution is 2.35. The summed E-state index contributed by atoms with van der Waals surface area (Å²) in [7, 11) is 2.12. The van der Waals surface area contributed by atoms with Gasteiger partial charge in [-0.3, -0.25) is 0 Å². The predicted molar refractivity (Wildman–Crippen MR) is 79.7 cm³/mol. The minimum absolute atomic E-state index is 0.463. The molecule has 0 aromatic heterocycles. The molecule has 1 aliphatic rings. The lowest BCUT2D eigenvalue weighted by Crippen LogP contribution is -2.43. The summed E-state index contributed by atoms with van der Waals surface area (Å²) < 4.78 is 0. The van der Waals surface area contributed by atoms with Gasteiger partial charge in [-0.15, -0.1) is 0 Å². The van der Waals surface area contributed by atoms with Gasteiger partial charge in [-0.05, 0) is 25.3 Å². The zero-order chi connectivity index (χ0) is 12.2. The second-order valence-electron chi connectivity index (χ2n) is 5.91. The molecule has 0 aromatic rings. The molecule has 3 atom stereocenters. The molecule has 1 heterocycles. The van der Waals surface area contributed by atoms with Crippen molar-refractivity contribution in [3.63, 3.8) is 0 Å². The van der Waals surface area contributed by atoms with Crippen molar-refractivity contribution in [2.45, 2.75) is 57.1 Å². The zero-order valence-corrected chi connectivity index (χ0v) is 13.0. The molecule has 0 bridgehead atoms. The first-order valence-corrected chi connectivity index (χ1v) is 8.44. The SMILES string of the molecule is CNC(CCC(C)(C)C)C1SCCSC1C. The Labute approximate surface area is 110 Å². The third-order valence-electron chi connectivity index (χ3n) is 3.21. The normalized spacial score (nSPS) is 29.1. The van der Waals surface area contributed by atoms with E-state index < -0.39 is 0 Å². The predicted octanol–water partition coefficient (Wildman–Crippen LogP) is 3.64. The minimum Gasteiger partial charge on any atom is -0.316 e. The van der Waals surface area contributed by atoms with Crippen LogP contribution in [0.4, 0.5) is 0 Å². The van der Waals surface area contributed by atoms with E-state index in [1.807, 2.05) is 0 Å². The first-order valence-electron chi connectivity index (χ1n) is 6.34. The average molecular weight is 262 g/mol. The molecule has 0 aliphatic carbocycles. The van der Waals surface area contributed by atoms with Crippen LogP contribution in [-0.4, -0.2) is 35.1 Å². The van der Waals surface area contributed by atoms with Crippen LogP contribution in [0.25, 0.3) is 0 Å². The van der Waals surface area contributed by atoms with Crippen LogP contribution in [0.15, 0.2) is 0 Å². The molecular weight excluding hydrogens is 234 g/mol. The van der Waals surface area contributed by atoms with Crippen molar-refractivity contribution in [1.82, 2.24) is 5.32 Å². The van der Waals surface area contributed by atoms with Crippen LogP contribution in [-0.2, 0) is 0 Å². The summed E-state index contributed by atoms with van der Waals surface area (Å²) in [5.41, 5.74) is 0.463. The first kappa shape index (κ1) is 14.7. The summed E-state index contributed by atoms with van der Waals surface area (Å²) in [6.45, 7) is 9.41. The fourth-order valence-corrected chi connectivity index (χ4v) is 5.19. The maximum Gasteiger partial charge on any atom is 0.0317 e. The van der Waals surface area contributed by atoms with Gasteiger partial charge < -0.3 is 5.32 Å². The third-order valence-corrected chi connectivity index (χ3v) is 6.46. The Hall–Kier alpha value is 0.660. The third kappa shape index (κ3) is 4.89. The largest absolute Gasteiger partial charge is 0.316 e. The zero-order valence-electron chi connectivity index (χ0n) is 11.4. The van der Waals surface area contributed by atoms with Gasteiger partial charge in [0.25, 0.3) is 0 Å². The number of hydrogen-bond acceptors (Lipinski definition) is 3. The number of rotatable bonds is 4. The van der Waals surface area contributed by atoms with Gasteiger partial charge in [0.05, 0.1) is 0 Å². The molecule has 1 N–H and O–H groups in total. The van der Waals surface area contributed by atoms with Crippen LogP contribution in [0.3, 0.4) is 0 Å². The van der Waals surface area contributed by atoms with Crippen LogP contribution in [0.2, 0.25) is 0 Å². The van der Waals surface area contributed by atoms with Crippen LogP contribution in [0.1, 0.15) is 40.5 Å². The Morgan fingerprint density at radius 3 is 2.38 bits per heavy atom. The number of hydrogen-bond donors (Lipinski definition) is 1. The monoisotopic (exact) mass is 261 g/mol.